The number of carbonyl (C=O) groups excluding carboxylic acids is 4. The summed E-state index contributed by atoms with van der Waals surface area (Å²) in [4.78, 5) is 52.9. The minimum Gasteiger partial charge on any atom is -0.388 e. The molecule has 0 saturated heterocycles. The molecule has 2 unspecified atom stereocenters. The lowest BCUT2D eigenvalue weighted by Gasteiger charge is -2.31. The van der Waals surface area contributed by atoms with Crippen molar-refractivity contribution in [3.05, 3.63) is 11.3 Å². The lowest BCUT2D eigenvalue weighted by Crippen LogP contribution is -2.51. The summed E-state index contributed by atoms with van der Waals surface area (Å²) in [5.41, 5.74) is 13.0. The van der Waals surface area contributed by atoms with Gasteiger partial charge >= 0.3 is 0 Å². The molecule has 0 radical (unpaired) electrons. The summed E-state index contributed by atoms with van der Waals surface area (Å²) >= 11 is 0. The van der Waals surface area contributed by atoms with Crippen molar-refractivity contribution in [3.8, 4) is 0 Å². The summed E-state index contributed by atoms with van der Waals surface area (Å²) in [6, 6.07) is -1.07. The highest BCUT2D eigenvalue weighted by Gasteiger charge is 2.26. The molecule has 0 bridgehead atoms. The van der Waals surface area contributed by atoms with Crippen LogP contribution >= 0.6 is 0 Å². The highest BCUT2D eigenvalue weighted by Crippen LogP contribution is 2.30. The van der Waals surface area contributed by atoms with Crippen molar-refractivity contribution in [1.29, 1.82) is 0 Å². The molecule has 13 nitrogen and oxygen atoms in total. The Morgan fingerprint density at radius 2 is 1.74 bits per heavy atom. The van der Waals surface area contributed by atoms with Crippen LogP contribution in [0.3, 0.4) is 0 Å². The molecule has 0 heterocycles. The molecule has 1 fully saturated rings. The predicted molar refractivity (Wildman–Crippen MR) is 151 cm³/mol. The Bertz CT molecular complexity index is 836. The number of hydrogen-bond donors (Lipinski definition) is 7. The molecule has 1 saturated carbocycles. The molecular formula is C26H48N8O5. The van der Waals surface area contributed by atoms with Crippen molar-refractivity contribution in [2.45, 2.75) is 71.4 Å². The molecular weight excluding hydrogens is 504 g/mol. The van der Waals surface area contributed by atoms with Crippen LogP contribution in [-0.2, 0) is 23.9 Å². The topological polar surface area (TPSA) is 202 Å². The van der Waals surface area contributed by atoms with Crippen LogP contribution in [0.25, 0.3) is 0 Å². The van der Waals surface area contributed by atoms with E-state index in [1.807, 2.05) is 0 Å². The van der Waals surface area contributed by atoms with Crippen molar-refractivity contribution in [2.75, 3.05) is 45.9 Å². The van der Waals surface area contributed by atoms with Crippen molar-refractivity contribution >= 4 is 30.0 Å². The average molecular weight is 553 g/mol. The Morgan fingerprint density at radius 3 is 2.33 bits per heavy atom. The summed E-state index contributed by atoms with van der Waals surface area (Å²) < 4.78 is 5.30. The molecule has 2 atom stereocenters. The van der Waals surface area contributed by atoms with E-state index in [9.17, 15) is 19.2 Å². The number of aliphatic imine (C=N–C) groups is 1. The molecule has 0 aromatic heterocycles. The van der Waals surface area contributed by atoms with E-state index in [0.717, 1.165) is 25.0 Å². The molecule has 9 N–H and O–H groups in total. The first kappa shape index (κ1) is 33.8. The summed E-state index contributed by atoms with van der Waals surface area (Å²) in [6.45, 7) is 7.50. The highest BCUT2D eigenvalue weighted by molar-refractivity contribution is 5.88. The second-order valence-corrected chi connectivity index (χ2v) is 9.95. The van der Waals surface area contributed by atoms with Crippen molar-refractivity contribution in [1.82, 2.24) is 26.6 Å². The molecule has 0 spiro atoms. The normalized spacial score (nSPS) is 14.6. The first-order chi connectivity index (χ1) is 18.7. The van der Waals surface area contributed by atoms with E-state index in [-0.39, 0.29) is 42.8 Å². The Morgan fingerprint density at radius 1 is 1.05 bits per heavy atom. The highest BCUT2D eigenvalue weighted by atomic mass is 16.5. The zero-order valence-electron chi connectivity index (χ0n) is 23.6. The van der Waals surface area contributed by atoms with Gasteiger partial charge in [0, 0.05) is 25.3 Å². The number of nitrogens with one attached hydrogen (secondary N) is 5. The molecule has 1 rings (SSSR count). The van der Waals surface area contributed by atoms with Crippen molar-refractivity contribution < 1.29 is 23.9 Å². The van der Waals surface area contributed by atoms with E-state index in [1.165, 1.54) is 5.57 Å². The van der Waals surface area contributed by atoms with E-state index in [0.29, 0.717) is 64.4 Å². The Kier molecular flexibility index (Phi) is 17.2. The van der Waals surface area contributed by atoms with Crippen LogP contribution in [-0.4, -0.2) is 88.0 Å². The van der Waals surface area contributed by atoms with Gasteiger partial charge in [0.1, 0.15) is 6.04 Å². The van der Waals surface area contributed by atoms with Crippen molar-refractivity contribution in [3.63, 3.8) is 0 Å². The lowest BCUT2D eigenvalue weighted by atomic mass is 9.86. The van der Waals surface area contributed by atoms with E-state index in [4.69, 9.17) is 16.2 Å². The zero-order chi connectivity index (χ0) is 29.0. The molecule has 0 aromatic rings. The van der Waals surface area contributed by atoms with E-state index in [2.05, 4.69) is 45.4 Å². The number of nitrogens with two attached hydrogens (primary N) is 2. The second-order valence-electron chi connectivity index (χ2n) is 9.95. The quantitative estimate of drug-likeness (QED) is 0.0407. The van der Waals surface area contributed by atoms with Gasteiger partial charge in [-0.3, -0.25) is 24.2 Å². The van der Waals surface area contributed by atoms with Gasteiger partial charge in [0.2, 0.25) is 24.1 Å². The fourth-order valence-corrected chi connectivity index (χ4v) is 4.01. The number of hydrogen-bond acceptors (Lipinski definition) is 8. The molecule has 0 aromatic carbocycles. The lowest BCUT2D eigenvalue weighted by molar-refractivity contribution is -0.128. The molecule has 1 aliphatic rings. The summed E-state index contributed by atoms with van der Waals surface area (Å²) in [5, 5.41) is 14.2. The predicted octanol–water partition coefficient (Wildman–Crippen LogP) is -0.975. The first-order valence-electron chi connectivity index (χ1n) is 13.7. The maximum Gasteiger partial charge on any atom is 0.242 e. The number of amidine groups is 1. The van der Waals surface area contributed by atoms with Gasteiger partial charge in [-0.25, -0.2) is 0 Å². The number of rotatable bonds is 21. The average Bonchev–Trinajstić information content (AvgIpc) is 2.84. The van der Waals surface area contributed by atoms with Crippen LogP contribution in [0.2, 0.25) is 0 Å². The monoisotopic (exact) mass is 552 g/mol. The minimum absolute atomic E-state index is 0.0562. The van der Waals surface area contributed by atoms with Gasteiger partial charge in [0.05, 0.1) is 38.2 Å². The summed E-state index contributed by atoms with van der Waals surface area (Å²) in [5.74, 6) is -0.217. The zero-order valence-corrected chi connectivity index (χ0v) is 23.6. The Labute approximate surface area is 231 Å². The van der Waals surface area contributed by atoms with Crippen LogP contribution in [0, 0.1) is 5.92 Å². The molecule has 1 aliphatic carbocycles. The van der Waals surface area contributed by atoms with E-state index in [1.54, 1.807) is 6.92 Å². The van der Waals surface area contributed by atoms with E-state index >= 15 is 0 Å². The number of amides is 4. The van der Waals surface area contributed by atoms with E-state index < -0.39 is 6.04 Å². The molecule has 0 aliphatic heterocycles. The van der Waals surface area contributed by atoms with Crippen LogP contribution in [0.5, 0.6) is 0 Å². The standard InChI is InChI=1S/C26H48N8O5/c1-18(2)14-22(34-23(36)15-29-17-35)25(20-6-4-7-20)32-16-24(37)33-21(8-5-10-30-19(3)28)26(38)31-11-13-39-12-9-27/h17-18,21-22,32H,4-16,27H2,1-3H3,(H2,28,30)(H,29,35)(H,31,38)(H,33,37)(H,34,36). The van der Waals surface area contributed by atoms with Gasteiger partial charge in [-0.1, -0.05) is 13.8 Å². The molecule has 4 amide bonds. The summed E-state index contributed by atoms with van der Waals surface area (Å²) in [7, 11) is 0. The molecule has 222 valence electrons. The van der Waals surface area contributed by atoms with Gasteiger partial charge in [0.15, 0.2) is 0 Å². The van der Waals surface area contributed by atoms with Gasteiger partial charge in [-0.05, 0) is 56.9 Å². The SMILES string of the molecule is CC(N)=NCCCC(NC(=O)CNC(=C1CCC1)C(CC(C)C)NC(=O)CNC=O)C(=O)NCCOCCN. The minimum atomic E-state index is -0.748. The Balaban J connectivity index is 2.84. The number of allylic oxidation sites excluding steroid dienone is 1. The first-order valence-corrected chi connectivity index (χ1v) is 13.7. The second kappa shape index (κ2) is 19.8. The number of ether oxygens (including phenoxy) is 1. The Hall–Kier alpha value is -3.19. The van der Waals surface area contributed by atoms with Gasteiger partial charge < -0.3 is 42.8 Å². The third-order valence-corrected chi connectivity index (χ3v) is 5.99. The third-order valence-electron chi connectivity index (χ3n) is 5.99. The maximum atomic E-state index is 13.0. The third kappa shape index (κ3) is 15.1. The van der Waals surface area contributed by atoms with Crippen LogP contribution < -0.4 is 38.1 Å². The maximum absolute atomic E-state index is 13.0. The largest absolute Gasteiger partial charge is 0.388 e. The van der Waals surface area contributed by atoms with Crippen LogP contribution in [0.4, 0.5) is 0 Å². The van der Waals surface area contributed by atoms with Gasteiger partial charge in [-0.15, -0.1) is 0 Å². The van der Waals surface area contributed by atoms with Crippen molar-refractivity contribution in [2.24, 2.45) is 22.4 Å². The number of carbonyl (C=O) groups is 4. The number of nitrogens with zero attached hydrogens (tertiary/aromatic N) is 1. The molecule has 39 heavy (non-hydrogen) atoms. The summed E-state index contributed by atoms with van der Waals surface area (Å²) in [6.07, 6.45) is 4.92. The fraction of sp³-hybridized carbons (Fsp3) is 0.731. The molecule has 13 heteroatoms. The van der Waals surface area contributed by atoms with Gasteiger partial charge in [-0.2, -0.15) is 0 Å². The van der Waals surface area contributed by atoms with Gasteiger partial charge in [0.25, 0.3) is 0 Å². The fourth-order valence-electron chi connectivity index (χ4n) is 4.01. The smallest absolute Gasteiger partial charge is 0.242 e. The van der Waals surface area contributed by atoms with Crippen LogP contribution in [0.1, 0.15) is 59.3 Å². The van der Waals surface area contributed by atoms with Crippen LogP contribution in [0.15, 0.2) is 16.3 Å².